The van der Waals surface area contributed by atoms with Crippen LogP contribution >= 0.6 is 0 Å². The maximum absolute atomic E-state index is 12.5. The van der Waals surface area contributed by atoms with Crippen molar-refractivity contribution in [3.63, 3.8) is 0 Å². The number of anilines is 2. The molecule has 0 radical (unpaired) electrons. The zero-order valence-corrected chi connectivity index (χ0v) is 14.7. The Morgan fingerprint density at radius 3 is 2.50 bits per heavy atom. The van der Waals surface area contributed by atoms with E-state index in [4.69, 9.17) is 4.74 Å². The molecule has 0 bridgehead atoms. The smallest absolute Gasteiger partial charge is 0.261 e. The summed E-state index contributed by atoms with van der Waals surface area (Å²) in [6.45, 7) is 9.73. The van der Waals surface area contributed by atoms with E-state index < -0.39 is 0 Å². The topological polar surface area (TPSA) is 54.5 Å². The van der Waals surface area contributed by atoms with Crippen molar-refractivity contribution in [3.8, 4) is 5.88 Å². The molecule has 1 aromatic heterocycles. The van der Waals surface area contributed by atoms with Gasteiger partial charge < -0.3 is 15.0 Å². The number of rotatable bonds is 7. The second-order valence-electron chi connectivity index (χ2n) is 5.67. The minimum atomic E-state index is -0.226. The lowest BCUT2D eigenvalue weighted by molar-refractivity contribution is 0.102. The minimum Gasteiger partial charge on any atom is -0.477 e. The van der Waals surface area contributed by atoms with Crippen molar-refractivity contribution in [3.05, 3.63) is 48.2 Å². The van der Waals surface area contributed by atoms with E-state index in [1.807, 2.05) is 31.2 Å². The van der Waals surface area contributed by atoms with E-state index in [1.54, 1.807) is 18.3 Å². The summed E-state index contributed by atoms with van der Waals surface area (Å²) in [6, 6.07) is 11.7. The lowest BCUT2D eigenvalue weighted by Crippen LogP contribution is -2.30. The number of pyridine rings is 1. The predicted octanol–water partition coefficient (Wildman–Crippen LogP) is 3.97. The van der Waals surface area contributed by atoms with E-state index in [0.29, 0.717) is 24.1 Å². The fourth-order valence-corrected chi connectivity index (χ4v) is 2.60. The molecule has 5 nitrogen and oxygen atoms in total. The summed E-state index contributed by atoms with van der Waals surface area (Å²) in [5.74, 6) is 0.126. The standard InChI is InChI=1S/C19H25N3O2/c1-5-22(14(3)4)16-11-9-15(10-12-16)21-18(23)17-8-7-13-20-19(17)24-6-2/h7-14H,5-6H2,1-4H3,(H,21,23). The van der Waals surface area contributed by atoms with Gasteiger partial charge in [-0.05, 0) is 64.1 Å². The summed E-state index contributed by atoms with van der Waals surface area (Å²) >= 11 is 0. The Kier molecular flexibility index (Phi) is 6.18. The highest BCUT2D eigenvalue weighted by Gasteiger charge is 2.14. The minimum absolute atomic E-state index is 0.226. The quantitative estimate of drug-likeness (QED) is 0.836. The van der Waals surface area contributed by atoms with Crippen LogP contribution in [0.2, 0.25) is 0 Å². The highest BCUT2D eigenvalue weighted by Crippen LogP contribution is 2.21. The van der Waals surface area contributed by atoms with Crippen LogP contribution in [-0.2, 0) is 0 Å². The first kappa shape index (κ1) is 17.8. The second-order valence-corrected chi connectivity index (χ2v) is 5.67. The zero-order chi connectivity index (χ0) is 17.5. The van der Waals surface area contributed by atoms with Crippen LogP contribution in [0.25, 0.3) is 0 Å². The zero-order valence-electron chi connectivity index (χ0n) is 14.7. The molecule has 0 fully saturated rings. The van der Waals surface area contributed by atoms with Gasteiger partial charge in [-0.3, -0.25) is 4.79 Å². The van der Waals surface area contributed by atoms with Crippen LogP contribution in [0, 0.1) is 0 Å². The average molecular weight is 327 g/mol. The molecule has 0 atom stereocenters. The first-order chi connectivity index (χ1) is 11.6. The van der Waals surface area contributed by atoms with Gasteiger partial charge in [-0.2, -0.15) is 0 Å². The molecule has 0 aliphatic carbocycles. The van der Waals surface area contributed by atoms with E-state index in [9.17, 15) is 4.79 Å². The van der Waals surface area contributed by atoms with Crippen LogP contribution in [-0.4, -0.2) is 30.1 Å². The number of carbonyl (C=O) groups excluding carboxylic acids is 1. The van der Waals surface area contributed by atoms with Crippen LogP contribution in [0.1, 0.15) is 38.1 Å². The van der Waals surface area contributed by atoms with Crippen molar-refractivity contribution in [1.82, 2.24) is 4.98 Å². The predicted molar refractivity (Wildman–Crippen MR) is 98.0 cm³/mol. The van der Waals surface area contributed by atoms with E-state index in [0.717, 1.165) is 17.9 Å². The Balaban J connectivity index is 2.13. The third-order valence-electron chi connectivity index (χ3n) is 3.72. The molecule has 128 valence electrons. The molecule has 0 aliphatic rings. The van der Waals surface area contributed by atoms with Gasteiger partial charge in [0.15, 0.2) is 0 Å². The molecule has 2 aromatic rings. The molecular weight excluding hydrogens is 302 g/mol. The average Bonchev–Trinajstić information content (AvgIpc) is 2.57. The van der Waals surface area contributed by atoms with Gasteiger partial charge in [0.1, 0.15) is 5.56 Å². The lowest BCUT2D eigenvalue weighted by atomic mass is 10.2. The summed E-state index contributed by atoms with van der Waals surface area (Å²) in [6.07, 6.45) is 1.61. The number of hydrogen-bond acceptors (Lipinski definition) is 4. The molecule has 0 aliphatic heterocycles. The van der Waals surface area contributed by atoms with Crippen LogP contribution in [0.3, 0.4) is 0 Å². The van der Waals surface area contributed by atoms with Crippen molar-refractivity contribution >= 4 is 17.3 Å². The van der Waals surface area contributed by atoms with E-state index >= 15 is 0 Å². The van der Waals surface area contributed by atoms with Crippen LogP contribution in [0.5, 0.6) is 5.88 Å². The Morgan fingerprint density at radius 2 is 1.92 bits per heavy atom. The van der Waals surface area contributed by atoms with Gasteiger partial charge in [0.25, 0.3) is 5.91 Å². The van der Waals surface area contributed by atoms with E-state index in [-0.39, 0.29) is 5.91 Å². The van der Waals surface area contributed by atoms with Crippen LogP contribution < -0.4 is 15.0 Å². The summed E-state index contributed by atoms with van der Waals surface area (Å²) in [5.41, 5.74) is 2.32. The number of carbonyl (C=O) groups is 1. The first-order valence-electron chi connectivity index (χ1n) is 8.32. The normalized spacial score (nSPS) is 10.5. The molecule has 0 saturated carbocycles. The Morgan fingerprint density at radius 1 is 1.21 bits per heavy atom. The van der Waals surface area contributed by atoms with Gasteiger partial charge in [-0.25, -0.2) is 4.98 Å². The number of hydrogen-bond donors (Lipinski definition) is 1. The van der Waals surface area contributed by atoms with Crippen molar-refractivity contribution in [2.75, 3.05) is 23.4 Å². The van der Waals surface area contributed by atoms with Crippen LogP contribution in [0.4, 0.5) is 11.4 Å². The van der Waals surface area contributed by atoms with Crippen molar-refractivity contribution in [2.24, 2.45) is 0 Å². The molecule has 5 heteroatoms. The molecular formula is C19H25N3O2. The number of nitrogens with zero attached hydrogens (tertiary/aromatic N) is 2. The molecule has 1 heterocycles. The largest absolute Gasteiger partial charge is 0.477 e. The molecule has 1 N–H and O–H groups in total. The third kappa shape index (κ3) is 4.25. The lowest BCUT2D eigenvalue weighted by Gasteiger charge is -2.27. The molecule has 1 amide bonds. The van der Waals surface area contributed by atoms with E-state index in [2.05, 4.69) is 36.0 Å². The van der Waals surface area contributed by atoms with Gasteiger partial charge in [0.05, 0.1) is 6.61 Å². The fraction of sp³-hybridized carbons (Fsp3) is 0.368. The second kappa shape index (κ2) is 8.34. The summed E-state index contributed by atoms with van der Waals surface area (Å²) < 4.78 is 5.41. The van der Waals surface area contributed by atoms with E-state index in [1.165, 1.54) is 0 Å². The molecule has 0 saturated heterocycles. The number of nitrogens with one attached hydrogen (secondary N) is 1. The molecule has 0 spiro atoms. The van der Waals surface area contributed by atoms with Crippen molar-refractivity contribution in [2.45, 2.75) is 33.7 Å². The summed E-state index contributed by atoms with van der Waals surface area (Å²) in [7, 11) is 0. The van der Waals surface area contributed by atoms with Crippen molar-refractivity contribution in [1.29, 1.82) is 0 Å². The maximum atomic E-state index is 12.5. The maximum Gasteiger partial charge on any atom is 0.261 e. The highest BCUT2D eigenvalue weighted by molar-refractivity contribution is 6.05. The molecule has 24 heavy (non-hydrogen) atoms. The molecule has 0 unspecified atom stereocenters. The number of benzene rings is 1. The fourth-order valence-electron chi connectivity index (χ4n) is 2.60. The monoisotopic (exact) mass is 327 g/mol. The number of ether oxygens (including phenoxy) is 1. The van der Waals surface area contributed by atoms with Crippen molar-refractivity contribution < 1.29 is 9.53 Å². The first-order valence-corrected chi connectivity index (χ1v) is 8.32. The SMILES string of the molecule is CCOc1ncccc1C(=O)Nc1ccc(N(CC)C(C)C)cc1. The Hall–Kier alpha value is -2.56. The van der Waals surface area contributed by atoms with Gasteiger partial charge in [-0.15, -0.1) is 0 Å². The number of amides is 1. The van der Waals surface area contributed by atoms with Gasteiger partial charge in [-0.1, -0.05) is 0 Å². The summed E-state index contributed by atoms with van der Waals surface area (Å²) in [5, 5.41) is 2.89. The molecule has 1 aromatic carbocycles. The van der Waals surface area contributed by atoms with Gasteiger partial charge in [0, 0.05) is 30.2 Å². The van der Waals surface area contributed by atoms with Gasteiger partial charge >= 0.3 is 0 Å². The number of aromatic nitrogens is 1. The van der Waals surface area contributed by atoms with Crippen LogP contribution in [0.15, 0.2) is 42.6 Å². The van der Waals surface area contributed by atoms with Gasteiger partial charge in [0.2, 0.25) is 5.88 Å². The summed E-state index contributed by atoms with van der Waals surface area (Å²) in [4.78, 5) is 18.9. The molecule has 2 rings (SSSR count). The Bertz CT molecular complexity index is 669. The Labute approximate surface area is 143 Å². The highest BCUT2D eigenvalue weighted by atomic mass is 16.5. The third-order valence-corrected chi connectivity index (χ3v) is 3.72.